The topological polar surface area (TPSA) is 119 Å². The number of ether oxygens (including phenoxy) is 1. The second kappa shape index (κ2) is 9.48. The maximum atomic E-state index is 13.3. The normalized spacial score (nSPS) is 17.4. The summed E-state index contributed by atoms with van der Waals surface area (Å²) in [4.78, 5) is 53.8. The van der Waals surface area contributed by atoms with Gasteiger partial charge in [-0.25, -0.2) is 19.3 Å². The standard InChI is InChI=1S/C23H22N4O6S/c1-25-21(31)26(12-15-3-7-16(8-4-15)20(29)30)22(32)27-18(13-34-23(25)27)19(28)24-11-14-5-9-17(33-2)10-6-14/h3-10,13,23H,11-12H2,1-2H3,(H,24,28)(H,29,30). The van der Waals surface area contributed by atoms with Gasteiger partial charge in [-0.3, -0.25) is 14.6 Å². The summed E-state index contributed by atoms with van der Waals surface area (Å²) in [5, 5.41) is 13.4. The van der Waals surface area contributed by atoms with Gasteiger partial charge in [-0.15, -0.1) is 0 Å². The van der Waals surface area contributed by atoms with E-state index in [1.165, 1.54) is 33.7 Å². The van der Waals surface area contributed by atoms with Crippen molar-refractivity contribution in [3.8, 4) is 5.75 Å². The second-order valence-electron chi connectivity index (χ2n) is 7.63. The van der Waals surface area contributed by atoms with Crippen molar-refractivity contribution in [1.82, 2.24) is 20.0 Å². The first-order valence-electron chi connectivity index (χ1n) is 10.3. The maximum absolute atomic E-state index is 13.3. The number of carbonyl (C=O) groups excluding carboxylic acids is 3. The van der Waals surface area contributed by atoms with Gasteiger partial charge in [-0.1, -0.05) is 36.0 Å². The van der Waals surface area contributed by atoms with Crippen molar-refractivity contribution in [3.05, 3.63) is 76.3 Å². The van der Waals surface area contributed by atoms with Crippen molar-refractivity contribution >= 4 is 35.7 Å². The Kier molecular flexibility index (Phi) is 6.46. The molecule has 2 aromatic rings. The number of urea groups is 2. The fraction of sp³-hybridized carbons (Fsp3) is 0.217. The van der Waals surface area contributed by atoms with Crippen molar-refractivity contribution in [2.45, 2.75) is 18.6 Å². The van der Waals surface area contributed by atoms with E-state index in [1.54, 1.807) is 43.8 Å². The van der Waals surface area contributed by atoms with Crippen LogP contribution in [-0.4, -0.2) is 63.4 Å². The Morgan fingerprint density at radius 1 is 1.03 bits per heavy atom. The molecule has 1 fully saturated rings. The molecule has 4 rings (SSSR count). The molecule has 11 heteroatoms. The highest BCUT2D eigenvalue weighted by Gasteiger charge is 2.48. The zero-order valence-electron chi connectivity index (χ0n) is 18.4. The van der Waals surface area contributed by atoms with Gasteiger partial charge in [-0.2, -0.15) is 0 Å². The number of carboxylic acid groups (broad SMARTS) is 1. The van der Waals surface area contributed by atoms with Gasteiger partial charge in [0.15, 0.2) is 5.50 Å². The third-order valence-electron chi connectivity index (χ3n) is 5.47. The minimum atomic E-state index is -1.07. The first kappa shape index (κ1) is 23.2. The third kappa shape index (κ3) is 4.42. The van der Waals surface area contributed by atoms with Crippen LogP contribution in [0.4, 0.5) is 9.59 Å². The molecule has 2 aliphatic rings. The molecular formula is C23H22N4O6S. The van der Waals surface area contributed by atoms with Crippen molar-refractivity contribution < 1.29 is 29.0 Å². The molecular weight excluding hydrogens is 460 g/mol. The van der Waals surface area contributed by atoms with Gasteiger partial charge in [-0.05, 0) is 35.4 Å². The molecule has 1 unspecified atom stereocenters. The van der Waals surface area contributed by atoms with Crippen molar-refractivity contribution in [1.29, 1.82) is 0 Å². The van der Waals surface area contributed by atoms with Gasteiger partial charge in [0.1, 0.15) is 11.4 Å². The minimum absolute atomic E-state index is 0.0590. The van der Waals surface area contributed by atoms with Crippen LogP contribution in [0.1, 0.15) is 21.5 Å². The van der Waals surface area contributed by atoms with Crippen LogP contribution in [0.5, 0.6) is 5.75 Å². The Labute approximate surface area is 199 Å². The zero-order valence-corrected chi connectivity index (χ0v) is 19.2. The number of imide groups is 1. The number of aromatic carboxylic acids is 1. The molecule has 1 atom stereocenters. The lowest BCUT2D eigenvalue weighted by atomic mass is 10.1. The monoisotopic (exact) mass is 482 g/mol. The summed E-state index contributed by atoms with van der Waals surface area (Å²) >= 11 is 1.20. The molecule has 2 aliphatic heterocycles. The number of carboxylic acids is 1. The Hall–Kier alpha value is -3.99. The van der Waals surface area contributed by atoms with E-state index in [1.807, 2.05) is 12.1 Å². The van der Waals surface area contributed by atoms with E-state index in [2.05, 4.69) is 5.32 Å². The number of carbonyl (C=O) groups is 4. The molecule has 5 amide bonds. The average Bonchev–Trinajstić information content (AvgIpc) is 3.30. The third-order valence-corrected chi connectivity index (χ3v) is 6.60. The van der Waals surface area contributed by atoms with E-state index in [9.17, 15) is 19.2 Å². The Morgan fingerprint density at radius 3 is 2.29 bits per heavy atom. The number of methoxy groups -OCH3 is 1. The molecule has 0 aliphatic carbocycles. The number of thioether (sulfide) groups is 1. The first-order chi connectivity index (χ1) is 16.3. The van der Waals surface area contributed by atoms with Crippen molar-refractivity contribution in [2.75, 3.05) is 14.2 Å². The number of hydrogen-bond donors (Lipinski definition) is 2. The molecule has 0 aromatic heterocycles. The van der Waals surface area contributed by atoms with Crippen LogP contribution in [0.3, 0.4) is 0 Å². The first-order valence-corrected chi connectivity index (χ1v) is 11.2. The summed E-state index contributed by atoms with van der Waals surface area (Å²) in [5.74, 6) is -0.798. The maximum Gasteiger partial charge on any atom is 0.335 e. The van der Waals surface area contributed by atoms with E-state index in [0.29, 0.717) is 11.3 Å². The number of rotatable bonds is 7. The Bertz CT molecular complexity index is 1160. The van der Waals surface area contributed by atoms with Crippen LogP contribution in [0, 0.1) is 0 Å². The quantitative estimate of drug-likeness (QED) is 0.623. The van der Waals surface area contributed by atoms with Crippen molar-refractivity contribution in [3.63, 3.8) is 0 Å². The number of nitrogens with one attached hydrogen (secondary N) is 1. The molecule has 10 nitrogen and oxygen atoms in total. The molecule has 0 radical (unpaired) electrons. The smallest absolute Gasteiger partial charge is 0.335 e. The summed E-state index contributed by atoms with van der Waals surface area (Å²) in [6.45, 7) is 0.197. The number of hydrogen-bond acceptors (Lipinski definition) is 6. The van der Waals surface area contributed by atoms with Gasteiger partial charge in [0.2, 0.25) is 0 Å². The molecule has 176 valence electrons. The van der Waals surface area contributed by atoms with Crippen LogP contribution < -0.4 is 10.1 Å². The SMILES string of the molecule is COc1ccc(CNC(=O)C2=CSC3N(C)C(=O)N(Cc4ccc(C(=O)O)cc4)C(=O)N23)cc1. The van der Waals surface area contributed by atoms with E-state index in [4.69, 9.17) is 9.84 Å². The highest BCUT2D eigenvalue weighted by atomic mass is 32.2. The molecule has 1 saturated heterocycles. The van der Waals surface area contributed by atoms with Crippen LogP contribution >= 0.6 is 11.8 Å². The summed E-state index contributed by atoms with van der Waals surface area (Å²) in [7, 11) is 3.13. The van der Waals surface area contributed by atoms with E-state index >= 15 is 0 Å². The average molecular weight is 483 g/mol. The summed E-state index contributed by atoms with van der Waals surface area (Å²) in [6.07, 6.45) is 0. The van der Waals surface area contributed by atoms with Gasteiger partial charge in [0, 0.05) is 19.0 Å². The van der Waals surface area contributed by atoms with Crippen LogP contribution in [0.2, 0.25) is 0 Å². The largest absolute Gasteiger partial charge is 0.497 e. The lowest BCUT2D eigenvalue weighted by Crippen LogP contribution is -2.62. The predicted octanol–water partition coefficient (Wildman–Crippen LogP) is 2.87. The minimum Gasteiger partial charge on any atom is -0.497 e. The Morgan fingerprint density at radius 2 is 1.68 bits per heavy atom. The van der Waals surface area contributed by atoms with Gasteiger partial charge >= 0.3 is 18.0 Å². The van der Waals surface area contributed by atoms with Crippen molar-refractivity contribution in [2.24, 2.45) is 0 Å². The molecule has 0 spiro atoms. The number of nitrogens with zero attached hydrogens (tertiary/aromatic N) is 3. The molecule has 2 heterocycles. The van der Waals surface area contributed by atoms with E-state index in [-0.39, 0.29) is 24.4 Å². The predicted molar refractivity (Wildman–Crippen MR) is 124 cm³/mol. The highest BCUT2D eigenvalue weighted by Crippen LogP contribution is 2.37. The van der Waals surface area contributed by atoms with Gasteiger partial charge in [0.25, 0.3) is 5.91 Å². The zero-order chi connectivity index (χ0) is 24.4. The Balaban J connectivity index is 1.47. The lowest BCUT2D eigenvalue weighted by molar-refractivity contribution is -0.119. The number of benzene rings is 2. The van der Waals surface area contributed by atoms with Crippen LogP contribution in [-0.2, 0) is 17.9 Å². The molecule has 0 bridgehead atoms. The van der Waals surface area contributed by atoms with Gasteiger partial charge < -0.3 is 15.2 Å². The molecule has 0 saturated carbocycles. The number of amides is 5. The summed E-state index contributed by atoms with van der Waals surface area (Å²) in [5.41, 5.74) is 1.04. The van der Waals surface area contributed by atoms with Crippen LogP contribution in [0.15, 0.2) is 59.6 Å². The van der Waals surface area contributed by atoms with E-state index in [0.717, 1.165) is 10.5 Å². The number of fused-ring (bicyclic) bond motifs is 1. The van der Waals surface area contributed by atoms with E-state index < -0.39 is 29.4 Å². The summed E-state index contributed by atoms with van der Waals surface area (Å²) < 4.78 is 5.13. The highest BCUT2D eigenvalue weighted by molar-refractivity contribution is 8.03. The molecule has 2 aromatic carbocycles. The van der Waals surface area contributed by atoms with Crippen LogP contribution in [0.25, 0.3) is 0 Å². The molecule has 2 N–H and O–H groups in total. The fourth-order valence-corrected chi connectivity index (χ4v) is 4.64. The summed E-state index contributed by atoms with van der Waals surface area (Å²) in [6, 6.07) is 12.0. The lowest BCUT2D eigenvalue weighted by Gasteiger charge is -2.42. The second-order valence-corrected chi connectivity index (χ2v) is 8.56. The molecule has 34 heavy (non-hydrogen) atoms. The fourth-order valence-electron chi connectivity index (χ4n) is 3.57. The van der Waals surface area contributed by atoms with Gasteiger partial charge in [0.05, 0.1) is 19.2 Å².